The maximum Gasteiger partial charge on any atom is 0.232 e. The third kappa shape index (κ3) is 2.63. The topological polar surface area (TPSA) is 59.2 Å². The van der Waals surface area contributed by atoms with E-state index in [9.17, 15) is 9.18 Å². The first-order chi connectivity index (χ1) is 10.1. The maximum absolute atomic E-state index is 13.1. The molecule has 1 aliphatic heterocycles. The molecule has 0 aliphatic carbocycles. The van der Waals surface area contributed by atoms with Crippen molar-refractivity contribution in [3.8, 4) is 0 Å². The summed E-state index contributed by atoms with van der Waals surface area (Å²) in [5.74, 6) is 0.393. The fraction of sp³-hybridized carbons (Fsp3) is 0.357. The number of rotatable bonds is 3. The monoisotopic (exact) mass is 309 g/mol. The molecule has 1 aromatic heterocycles. The van der Waals surface area contributed by atoms with Crippen LogP contribution in [0.5, 0.6) is 0 Å². The first-order valence-electron chi connectivity index (χ1n) is 6.66. The van der Waals surface area contributed by atoms with Crippen LogP contribution in [0.15, 0.2) is 22.7 Å². The van der Waals surface area contributed by atoms with Crippen LogP contribution in [0.25, 0.3) is 0 Å². The van der Waals surface area contributed by atoms with Gasteiger partial charge >= 0.3 is 0 Å². The molecule has 2 heterocycles. The molecule has 1 unspecified atom stereocenters. The number of aryl methyl sites for hydroxylation is 1. The van der Waals surface area contributed by atoms with Crippen LogP contribution in [0, 0.1) is 5.82 Å². The maximum atomic E-state index is 13.1. The molecule has 0 N–H and O–H groups in total. The predicted molar refractivity (Wildman–Crippen MR) is 74.8 cm³/mol. The van der Waals surface area contributed by atoms with E-state index in [4.69, 9.17) is 16.1 Å². The lowest BCUT2D eigenvalue weighted by molar-refractivity contribution is -0.117. The van der Waals surface area contributed by atoms with Gasteiger partial charge in [0, 0.05) is 19.4 Å². The molecule has 5 nitrogen and oxygen atoms in total. The summed E-state index contributed by atoms with van der Waals surface area (Å²) in [4.78, 5) is 17.9. The van der Waals surface area contributed by atoms with Crippen molar-refractivity contribution in [1.82, 2.24) is 10.1 Å². The van der Waals surface area contributed by atoms with E-state index in [0.717, 1.165) is 0 Å². The van der Waals surface area contributed by atoms with Crippen LogP contribution in [-0.4, -0.2) is 22.6 Å². The first kappa shape index (κ1) is 14.0. The molecule has 1 amide bonds. The van der Waals surface area contributed by atoms with Gasteiger partial charge in [-0.05, 0) is 18.2 Å². The van der Waals surface area contributed by atoms with Gasteiger partial charge in [0.15, 0.2) is 5.82 Å². The van der Waals surface area contributed by atoms with Gasteiger partial charge in [0.2, 0.25) is 11.8 Å². The number of hydrogen-bond donors (Lipinski definition) is 0. The van der Waals surface area contributed by atoms with Crippen molar-refractivity contribution in [1.29, 1.82) is 0 Å². The van der Waals surface area contributed by atoms with Gasteiger partial charge < -0.3 is 9.42 Å². The normalized spacial score (nSPS) is 18.5. The lowest BCUT2D eigenvalue weighted by Crippen LogP contribution is -2.24. The fourth-order valence-electron chi connectivity index (χ4n) is 2.38. The van der Waals surface area contributed by atoms with Crippen molar-refractivity contribution < 1.29 is 13.7 Å². The number of nitrogens with zero attached hydrogens (tertiary/aromatic N) is 3. The minimum absolute atomic E-state index is 0.0928. The fourth-order valence-corrected chi connectivity index (χ4v) is 2.65. The summed E-state index contributed by atoms with van der Waals surface area (Å²) in [6.07, 6.45) is 0.955. The van der Waals surface area contributed by atoms with Gasteiger partial charge in [-0.1, -0.05) is 23.7 Å². The number of amides is 1. The molecule has 0 spiro atoms. The van der Waals surface area contributed by atoms with Crippen LogP contribution in [0.4, 0.5) is 10.1 Å². The van der Waals surface area contributed by atoms with Crippen LogP contribution in [-0.2, 0) is 11.2 Å². The number of carbonyl (C=O) groups is 1. The second-order valence-corrected chi connectivity index (χ2v) is 5.31. The Kier molecular flexibility index (Phi) is 3.63. The molecule has 0 radical (unpaired) electrons. The van der Waals surface area contributed by atoms with Crippen molar-refractivity contribution in [3.05, 3.63) is 40.8 Å². The third-order valence-corrected chi connectivity index (χ3v) is 3.78. The Morgan fingerprint density at radius 3 is 3.00 bits per heavy atom. The molecule has 21 heavy (non-hydrogen) atoms. The second kappa shape index (κ2) is 5.44. The highest BCUT2D eigenvalue weighted by molar-refractivity contribution is 6.33. The molecule has 1 aliphatic rings. The van der Waals surface area contributed by atoms with E-state index in [1.807, 2.05) is 6.92 Å². The van der Waals surface area contributed by atoms with E-state index in [1.54, 1.807) is 0 Å². The summed E-state index contributed by atoms with van der Waals surface area (Å²) in [6.45, 7) is 2.33. The quantitative estimate of drug-likeness (QED) is 0.874. The number of hydrogen-bond acceptors (Lipinski definition) is 4. The summed E-state index contributed by atoms with van der Waals surface area (Å²) < 4.78 is 18.3. The molecule has 110 valence electrons. The standard InChI is InChI=1S/C14H13ClFN3O2/c1-2-12-17-14(21-18-12)8-5-13(20)19(7-8)11-4-3-9(16)6-10(11)15/h3-4,6,8H,2,5,7H2,1H3. The zero-order valence-electron chi connectivity index (χ0n) is 11.3. The lowest BCUT2D eigenvalue weighted by atomic mass is 10.1. The van der Waals surface area contributed by atoms with Crippen molar-refractivity contribution in [3.63, 3.8) is 0 Å². The summed E-state index contributed by atoms with van der Waals surface area (Å²) in [7, 11) is 0. The van der Waals surface area contributed by atoms with Gasteiger partial charge in [-0.2, -0.15) is 4.98 Å². The van der Waals surface area contributed by atoms with Crippen LogP contribution in [0.2, 0.25) is 5.02 Å². The Hall–Kier alpha value is -1.95. The molecule has 1 fully saturated rings. The highest BCUT2D eigenvalue weighted by atomic mass is 35.5. The van der Waals surface area contributed by atoms with Gasteiger partial charge in [0.25, 0.3) is 0 Å². The molecular weight excluding hydrogens is 297 g/mol. The molecule has 2 aromatic rings. The number of benzene rings is 1. The Labute approximate surface area is 125 Å². The molecule has 0 bridgehead atoms. The highest BCUT2D eigenvalue weighted by Gasteiger charge is 2.35. The molecule has 3 rings (SSSR count). The van der Waals surface area contributed by atoms with Gasteiger partial charge in [0.05, 0.1) is 16.6 Å². The Morgan fingerprint density at radius 1 is 1.52 bits per heavy atom. The molecule has 7 heteroatoms. The minimum atomic E-state index is -0.434. The van der Waals surface area contributed by atoms with Crippen LogP contribution in [0.3, 0.4) is 0 Å². The van der Waals surface area contributed by atoms with Gasteiger partial charge in [-0.25, -0.2) is 4.39 Å². The van der Waals surface area contributed by atoms with Crippen LogP contribution < -0.4 is 4.90 Å². The van der Waals surface area contributed by atoms with Crippen LogP contribution in [0.1, 0.15) is 31.0 Å². The van der Waals surface area contributed by atoms with E-state index < -0.39 is 5.82 Å². The summed E-state index contributed by atoms with van der Waals surface area (Å²) in [6, 6.07) is 3.98. The average Bonchev–Trinajstić information content (AvgIpc) is 3.05. The largest absolute Gasteiger partial charge is 0.339 e. The van der Waals surface area contributed by atoms with Crippen molar-refractivity contribution in [2.75, 3.05) is 11.4 Å². The smallest absolute Gasteiger partial charge is 0.232 e. The highest BCUT2D eigenvalue weighted by Crippen LogP contribution is 2.35. The zero-order chi connectivity index (χ0) is 15.0. The van der Waals surface area contributed by atoms with Crippen molar-refractivity contribution >= 4 is 23.2 Å². The molecular formula is C14H13ClFN3O2. The average molecular weight is 310 g/mol. The Bertz CT molecular complexity index is 689. The Balaban J connectivity index is 1.84. The molecule has 1 atom stereocenters. The zero-order valence-corrected chi connectivity index (χ0v) is 12.1. The van der Waals surface area contributed by atoms with E-state index in [1.165, 1.54) is 23.1 Å². The number of carbonyl (C=O) groups excluding carboxylic acids is 1. The first-order valence-corrected chi connectivity index (χ1v) is 7.04. The van der Waals surface area contributed by atoms with Gasteiger partial charge in [0.1, 0.15) is 5.82 Å². The van der Waals surface area contributed by atoms with E-state index in [-0.39, 0.29) is 23.3 Å². The summed E-state index contributed by atoms with van der Waals surface area (Å²) in [5.41, 5.74) is 0.501. The van der Waals surface area contributed by atoms with E-state index >= 15 is 0 Å². The molecule has 1 aromatic carbocycles. The van der Waals surface area contributed by atoms with Gasteiger partial charge in [-0.3, -0.25) is 4.79 Å². The SMILES string of the molecule is CCc1noc(C2CC(=O)N(c3ccc(F)cc3Cl)C2)n1. The molecule has 0 saturated carbocycles. The summed E-state index contributed by atoms with van der Waals surface area (Å²) >= 11 is 6.01. The minimum Gasteiger partial charge on any atom is -0.339 e. The van der Waals surface area contributed by atoms with Crippen LogP contribution >= 0.6 is 11.6 Å². The van der Waals surface area contributed by atoms with E-state index in [2.05, 4.69) is 10.1 Å². The van der Waals surface area contributed by atoms with E-state index in [0.29, 0.717) is 30.4 Å². The summed E-state index contributed by atoms with van der Waals surface area (Å²) in [5, 5.41) is 4.05. The number of halogens is 2. The number of aromatic nitrogens is 2. The van der Waals surface area contributed by atoms with Gasteiger partial charge in [-0.15, -0.1) is 0 Å². The predicted octanol–water partition coefficient (Wildman–Crippen LogP) is 2.95. The lowest BCUT2D eigenvalue weighted by Gasteiger charge is -2.17. The molecule has 1 saturated heterocycles. The third-order valence-electron chi connectivity index (χ3n) is 3.47. The second-order valence-electron chi connectivity index (χ2n) is 4.90. The van der Waals surface area contributed by atoms with Crippen molar-refractivity contribution in [2.24, 2.45) is 0 Å². The number of anilines is 1. The van der Waals surface area contributed by atoms with Crippen molar-refractivity contribution in [2.45, 2.75) is 25.7 Å². The Morgan fingerprint density at radius 2 is 2.33 bits per heavy atom.